The van der Waals surface area contributed by atoms with Crippen LogP contribution in [0.25, 0.3) is 0 Å². The molecule has 6 nitrogen and oxygen atoms in total. The van der Waals surface area contributed by atoms with Gasteiger partial charge >= 0.3 is 5.97 Å². The van der Waals surface area contributed by atoms with Gasteiger partial charge in [-0.1, -0.05) is 6.07 Å². The van der Waals surface area contributed by atoms with Gasteiger partial charge < -0.3 is 19.5 Å². The minimum absolute atomic E-state index is 0.0188. The topological polar surface area (TPSA) is 76.1 Å². The molecule has 0 spiro atoms. The Kier molecular flexibility index (Phi) is 5.04. The Morgan fingerprint density at radius 2 is 2.25 bits per heavy atom. The maximum Gasteiger partial charge on any atom is 0.308 e. The maximum atomic E-state index is 12.4. The molecular weight excluding hydrogens is 310 g/mol. The lowest BCUT2D eigenvalue weighted by Gasteiger charge is -2.40. The molecule has 1 aromatic rings. The predicted octanol–water partition coefficient (Wildman–Crippen LogP) is 2.02. The van der Waals surface area contributed by atoms with Crippen LogP contribution >= 0.6 is 0 Å². The summed E-state index contributed by atoms with van der Waals surface area (Å²) >= 11 is 0. The second kappa shape index (κ2) is 7.21. The molecule has 2 unspecified atom stereocenters. The first-order valence-corrected chi connectivity index (χ1v) is 8.38. The van der Waals surface area contributed by atoms with Crippen molar-refractivity contribution in [1.82, 2.24) is 4.90 Å². The van der Waals surface area contributed by atoms with Crippen LogP contribution < -0.4 is 4.74 Å². The number of hydrogen-bond acceptors (Lipinski definition) is 4. The van der Waals surface area contributed by atoms with Crippen LogP contribution in [0.4, 0.5) is 0 Å². The smallest absolute Gasteiger partial charge is 0.308 e. The summed E-state index contributed by atoms with van der Waals surface area (Å²) in [6, 6.07) is 5.37. The Hall–Kier alpha value is -2.08. The maximum absolute atomic E-state index is 12.4. The van der Waals surface area contributed by atoms with Crippen molar-refractivity contribution in [3.05, 3.63) is 29.3 Å². The normalized spacial score (nSPS) is 23.0. The molecular formula is C18H23NO5. The number of carbonyl (C=O) groups is 2. The lowest BCUT2D eigenvalue weighted by Crippen LogP contribution is -2.46. The van der Waals surface area contributed by atoms with E-state index in [0.29, 0.717) is 32.6 Å². The number of methoxy groups -OCH3 is 1. The Balaban J connectivity index is 1.92. The van der Waals surface area contributed by atoms with Gasteiger partial charge in [-0.15, -0.1) is 0 Å². The van der Waals surface area contributed by atoms with Crippen molar-refractivity contribution < 1.29 is 24.2 Å². The standard InChI is InChI=1S/C18H23NO5/c1-23-9-2-8-19-16(20)6-4-14(18(21)22)17(19)13-3-5-15-12(11-13)7-10-24-15/h3,5,11,14,17H,2,4,6-10H2,1H3,(H,21,22). The number of piperidine rings is 1. The molecule has 0 radical (unpaired) electrons. The van der Waals surface area contributed by atoms with Crippen molar-refractivity contribution in [2.45, 2.75) is 31.7 Å². The summed E-state index contributed by atoms with van der Waals surface area (Å²) in [4.78, 5) is 25.9. The van der Waals surface area contributed by atoms with Crippen molar-refractivity contribution in [1.29, 1.82) is 0 Å². The summed E-state index contributed by atoms with van der Waals surface area (Å²) in [6.45, 7) is 1.71. The molecule has 0 aromatic heterocycles. The molecule has 0 aliphatic carbocycles. The number of ether oxygens (including phenoxy) is 2. The monoisotopic (exact) mass is 333 g/mol. The number of carboxylic acids is 1. The average Bonchev–Trinajstić information content (AvgIpc) is 3.03. The number of fused-ring (bicyclic) bond motifs is 1. The summed E-state index contributed by atoms with van der Waals surface area (Å²) in [5, 5.41) is 9.65. The van der Waals surface area contributed by atoms with Gasteiger partial charge in [0.15, 0.2) is 0 Å². The Morgan fingerprint density at radius 1 is 1.42 bits per heavy atom. The summed E-state index contributed by atoms with van der Waals surface area (Å²) in [5.41, 5.74) is 1.98. The number of nitrogens with zero attached hydrogens (tertiary/aromatic N) is 1. The van der Waals surface area contributed by atoms with Crippen molar-refractivity contribution in [2.75, 3.05) is 26.9 Å². The Bertz CT molecular complexity index is 630. The Labute approximate surface area is 141 Å². The molecule has 1 saturated heterocycles. The molecule has 3 rings (SSSR count). The van der Waals surface area contributed by atoms with Crippen molar-refractivity contribution in [2.24, 2.45) is 5.92 Å². The molecule has 1 aromatic carbocycles. The van der Waals surface area contributed by atoms with Crippen LogP contribution in [-0.4, -0.2) is 48.8 Å². The molecule has 2 atom stereocenters. The molecule has 0 bridgehead atoms. The second-order valence-corrected chi connectivity index (χ2v) is 6.33. The van der Waals surface area contributed by atoms with E-state index in [1.165, 1.54) is 0 Å². The van der Waals surface area contributed by atoms with Crippen LogP contribution in [0.5, 0.6) is 5.75 Å². The summed E-state index contributed by atoms with van der Waals surface area (Å²) in [7, 11) is 1.62. The number of amides is 1. The average molecular weight is 333 g/mol. The minimum Gasteiger partial charge on any atom is -0.493 e. The van der Waals surface area contributed by atoms with Gasteiger partial charge in [-0.2, -0.15) is 0 Å². The number of carboxylic acid groups (broad SMARTS) is 1. The molecule has 2 aliphatic rings. The van der Waals surface area contributed by atoms with Crippen molar-refractivity contribution >= 4 is 11.9 Å². The lowest BCUT2D eigenvalue weighted by molar-refractivity contribution is -0.152. The second-order valence-electron chi connectivity index (χ2n) is 6.33. The first-order valence-electron chi connectivity index (χ1n) is 8.38. The summed E-state index contributed by atoms with van der Waals surface area (Å²) in [6.07, 6.45) is 2.19. The minimum atomic E-state index is -0.846. The third-order valence-corrected chi connectivity index (χ3v) is 4.83. The zero-order chi connectivity index (χ0) is 17.1. The van der Waals surface area contributed by atoms with Gasteiger partial charge in [-0.25, -0.2) is 0 Å². The van der Waals surface area contributed by atoms with E-state index in [-0.39, 0.29) is 12.3 Å². The first-order chi connectivity index (χ1) is 11.6. The van der Waals surface area contributed by atoms with Gasteiger partial charge in [-0.05, 0) is 36.1 Å². The van der Waals surface area contributed by atoms with Gasteiger partial charge in [0, 0.05) is 33.1 Å². The van der Waals surface area contributed by atoms with Crippen LogP contribution in [-0.2, 0) is 20.7 Å². The number of rotatable bonds is 6. The summed E-state index contributed by atoms with van der Waals surface area (Å²) in [5.74, 6) is -0.546. The number of aliphatic carboxylic acids is 1. The number of hydrogen-bond donors (Lipinski definition) is 1. The van der Waals surface area contributed by atoms with Crippen LogP contribution in [0.1, 0.15) is 36.4 Å². The lowest BCUT2D eigenvalue weighted by atomic mass is 9.83. The molecule has 24 heavy (non-hydrogen) atoms. The van der Waals surface area contributed by atoms with E-state index in [1.807, 2.05) is 18.2 Å². The van der Waals surface area contributed by atoms with E-state index >= 15 is 0 Å². The number of carbonyl (C=O) groups excluding carboxylic acids is 1. The highest BCUT2D eigenvalue weighted by Gasteiger charge is 2.40. The van der Waals surface area contributed by atoms with Crippen LogP contribution in [0, 0.1) is 5.92 Å². The highest BCUT2D eigenvalue weighted by molar-refractivity contribution is 5.81. The van der Waals surface area contributed by atoms with Gasteiger partial charge in [0.05, 0.1) is 18.6 Å². The molecule has 130 valence electrons. The van der Waals surface area contributed by atoms with Gasteiger partial charge in [-0.3, -0.25) is 9.59 Å². The van der Waals surface area contributed by atoms with E-state index in [4.69, 9.17) is 9.47 Å². The zero-order valence-electron chi connectivity index (χ0n) is 13.9. The predicted molar refractivity (Wildman–Crippen MR) is 86.9 cm³/mol. The molecule has 6 heteroatoms. The molecule has 2 heterocycles. The number of likely N-dealkylation sites (tertiary alicyclic amines) is 1. The zero-order valence-corrected chi connectivity index (χ0v) is 13.9. The molecule has 1 fully saturated rings. The third kappa shape index (κ3) is 3.24. The quantitative estimate of drug-likeness (QED) is 0.806. The molecule has 1 N–H and O–H groups in total. The van der Waals surface area contributed by atoms with Gasteiger partial charge in [0.2, 0.25) is 5.91 Å². The number of benzene rings is 1. The van der Waals surface area contributed by atoms with Crippen LogP contribution in [0.2, 0.25) is 0 Å². The summed E-state index contributed by atoms with van der Waals surface area (Å²) < 4.78 is 10.6. The fourth-order valence-electron chi connectivity index (χ4n) is 3.66. The van der Waals surface area contributed by atoms with Gasteiger partial charge in [0.25, 0.3) is 0 Å². The molecule has 1 amide bonds. The fourth-order valence-corrected chi connectivity index (χ4v) is 3.66. The fraction of sp³-hybridized carbons (Fsp3) is 0.556. The highest BCUT2D eigenvalue weighted by Crippen LogP contribution is 2.39. The first kappa shape index (κ1) is 16.8. The Morgan fingerprint density at radius 3 is 3.00 bits per heavy atom. The van der Waals surface area contributed by atoms with Crippen LogP contribution in [0.3, 0.4) is 0 Å². The van der Waals surface area contributed by atoms with E-state index in [0.717, 1.165) is 23.3 Å². The SMILES string of the molecule is COCCCN1C(=O)CCC(C(=O)O)C1c1ccc2c(c1)CCO2. The molecule has 0 saturated carbocycles. The van der Waals surface area contributed by atoms with E-state index in [1.54, 1.807) is 12.0 Å². The van der Waals surface area contributed by atoms with Crippen molar-refractivity contribution in [3.63, 3.8) is 0 Å². The van der Waals surface area contributed by atoms with E-state index in [9.17, 15) is 14.7 Å². The highest BCUT2D eigenvalue weighted by atomic mass is 16.5. The van der Waals surface area contributed by atoms with Crippen molar-refractivity contribution in [3.8, 4) is 5.75 Å². The van der Waals surface area contributed by atoms with Gasteiger partial charge in [0.1, 0.15) is 5.75 Å². The molecule has 2 aliphatic heterocycles. The van der Waals surface area contributed by atoms with E-state index < -0.39 is 17.9 Å². The largest absolute Gasteiger partial charge is 0.493 e. The third-order valence-electron chi connectivity index (χ3n) is 4.83. The van der Waals surface area contributed by atoms with E-state index in [2.05, 4.69) is 0 Å². The van der Waals surface area contributed by atoms with Crippen LogP contribution in [0.15, 0.2) is 18.2 Å².